The van der Waals surface area contributed by atoms with Crippen molar-refractivity contribution in [2.75, 3.05) is 53.0 Å². The van der Waals surface area contributed by atoms with E-state index in [1.807, 2.05) is 0 Å². The highest BCUT2D eigenvalue weighted by molar-refractivity contribution is 14.0. The van der Waals surface area contributed by atoms with Crippen LogP contribution in [0.25, 0.3) is 0 Å². The van der Waals surface area contributed by atoms with Crippen molar-refractivity contribution in [3.8, 4) is 5.75 Å². The molecule has 0 amide bonds. The second-order valence-electron chi connectivity index (χ2n) is 6.37. The molecule has 9 heteroatoms. The first kappa shape index (κ1) is 23.8. The van der Waals surface area contributed by atoms with E-state index in [1.54, 1.807) is 30.5 Å². The predicted molar refractivity (Wildman–Crippen MR) is 126 cm³/mol. The van der Waals surface area contributed by atoms with Crippen LogP contribution in [0.5, 0.6) is 5.75 Å². The number of rotatable bonds is 8. The Morgan fingerprint density at radius 2 is 2.10 bits per heavy atom. The number of benzene rings is 1. The van der Waals surface area contributed by atoms with Gasteiger partial charge >= 0.3 is 0 Å². The Hall–Kier alpha value is -1.43. The molecular formula is C20H28FIN4O2S. The second kappa shape index (κ2) is 13.0. The van der Waals surface area contributed by atoms with Gasteiger partial charge in [0.05, 0.1) is 25.8 Å². The summed E-state index contributed by atoms with van der Waals surface area (Å²) in [5, 5.41) is 8.76. The van der Waals surface area contributed by atoms with Gasteiger partial charge in [-0.1, -0.05) is 12.1 Å². The van der Waals surface area contributed by atoms with E-state index in [2.05, 4.69) is 38.0 Å². The number of guanidine groups is 1. The molecular weight excluding hydrogens is 506 g/mol. The molecule has 1 aliphatic heterocycles. The van der Waals surface area contributed by atoms with Crippen molar-refractivity contribution >= 4 is 41.3 Å². The number of ether oxygens (including phenoxy) is 2. The smallest absolute Gasteiger partial charge is 0.191 e. The fraction of sp³-hybridized carbons (Fsp3) is 0.450. The SMILES string of the molecule is CN=C(NCCOc1cccc(F)c1)NCC(c1cccs1)N1CCOCC1.I. The van der Waals surface area contributed by atoms with Gasteiger partial charge < -0.3 is 20.1 Å². The molecule has 160 valence electrons. The van der Waals surface area contributed by atoms with E-state index in [-0.39, 0.29) is 35.8 Å². The number of morpholine rings is 1. The molecule has 29 heavy (non-hydrogen) atoms. The highest BCUT2D eigenvalue weighted by Crippen LogP contribution is 2.25. The fourth-order valence-corrected chi connectivity index (χ4v) is 3.95. The summed E-state index contributed by atoms with van der Waals surface area (Å²) in [4.78, 5) is 8.06. The van der Waals surface area contributed by atoms with Gasteiger partial charge in [0.1, 0.15) is 18.2 Å². The standard InChI is InChI=1S/C20H27FN4O2S.HI/c1-22-20(23-7-10-27-17-5-2-4-16(21)14-17)24-15-18(19-6-3-13-28-19)25-8-11-26-12-9-25;/h2-6,13-14,18H,7-12,15H2,1H3,(H2,22,23,24);1H. The maximum Gasteiger partial charge on any atom is 0.191 e. The molecule has 2 aromatic rings. The third kappa shape index (κ3) is 7.72. The lowest BCUT2D eigenvalue weighted by Gasteiger charge is -2.34. The van der Waals surface area contributed by atoms with Gasteiger partial charge in [-0.3, -0.25) is 9.89 Å². The van der Waals surface area contributed by atoms with Crippen LogP contribution in [0.1, 0.15) is 10.9 Å². The van der Waals surface area contributed by atoms with Crippen LogP contribution in [0.2, 0.25) is 0 Å². The number of hydrogen-bond donors (Lipinski definition) is 2. The zero-order chi connectivity index (χ0) is 19.6. The first-order chi connectivity index (χ1) is 13.8. The van der Waals surface area contributed by atoms with E-state index >= 15 is 0 Å². The Kier molecular flexibility index (Phi) is 10.7. The fourth-order valence-electron chi connectivity index (χ4n) is 3.09. The van der Waals surface area contributed by atoms with Crippen molar-refractivity contribution in [3.05, 3.63) is 52.5 Å². The number of nitrogens with zero attached hydrogens (tertiary/aromatic N) is 2. The van der Waals surface area contributed by atoms with Gasteiger partial charge in [-0.05, 0) is 23.6 Å². The summed E-state index contributed by atoms with van der Waals surface area (Å²) in [7, 11) is 1.75. The molecule has 1 unspecified atom stereocenters. The Labute approximate surface area is 192 Å². The largest absolute Gasteiger partial charge is 0.492 e. The maximum absolute atomic E-state index is 13.2. The molecule has 2 N–H and O–H groups in total. The highest BCUT2D eigenvalue weighted by Gasteiger charge is 2.23. The number of thiophene rings is 1. The molecule has 0 saturated carbocycles. The van der Waals surface area contributed by atoms with Crippen molar-refractivity contribution in [2.24, 2.45) is 4.99 Å². The molecule has 1 aromatic heterocycles. The minimum atomic E-state index is -0.300. The maximum atomic E-state index is 13.2. The monoisotopic (exact) mass is 534 g/mol. The van der Waals surface area contributed by atoms with E-state index in [9.17, 15) is 4.39 Å². The number of nitrogens with one attached hydrogen (secondary N) is 2. The molecule has 0 aliphatic carbocycles. The molecule has 1 fully saturated rings. The summed E-state index contributed by atoms with van der Waals surface area (Å²) in [6.45, 7) is 5.14. The van der Waals surface area contributed by atoms with Crippen molar-refractivity contribution in [3.63, 3.8) is 0 Å². The highest BCUT2D eigenvalue weighted by atomic mass is 127. The lowest BCUT2D eigenvalue weighted by molar-refractivity contribution is 0.0177. The van der Waals surface area contributed by atoms with Crippen LogP contribution in [-0.2, 0) is 4.74 Å². The van der Waals surface area contributed by atoms with E-state index in [0.29, 0.717) is 18.9 Å². The van der Waals surface area contributed by atoms with Crippen molar-refractivity contribution < 1.29 is 13.9 Å². The predicted octanol–water partition coefficient (Wildman–Crippen LogP) is 3.12. The number of halogens is 2. The Morgan fingerprint density at radius 3 is 2.79 bits per heavy atom. The second-order valence-corrected chi connectivity index (χ2v) is 7.34. The van der Waals surface area contributed by atoms with Gasteiger partial charge in [-0.15, -0.1) is 35.3 Å². The van der Waals surface area contributed by atoms with E-state index in [4.69, 9.17) is 9.47 Å². The Bertz CT molecular complexity index is 742. The molecule has 6 nitrogen and oxygen atoms in total. The molecule has 0 radical (unpaired) electrons. The third-order valence-electron chi connectivity index (χ3n) is 4.50. The van der Waals surface area contributed by atoms with Gasteiger partial charge in [-0.25, -0.2) is 4.39 Å². The lowest BCUT2D eigenvalue weighted by atomic mass is 10.2. The van der Waals surface area contributed by atoms with E-state index < -0.39 is 0 Å². The molecule has 1 atom stereocenters. The zero-order valence-corrected chi connectivity index (χ0v) is 19.6. The normalized spacial score (nSPS) is 16.0. The van der Waals surface area contributed by atoms with Crippen molar-refractivity contribution in [1.29, 1.82) is 0 Å². The zero-order valence-electron chi connectivity index (χ0n) is 16.5. The van der Waals surface area contributed by atoms with Crippen LogP contribution < -0.4 is 15.4 Å². The average molecular weight is 534 g/mol. The van der Waals surface area contributed by atoms with Gasteiger partial charge in [0.2, 0.25) is 0 Å². The molecule has 0 spiro atoms. The summed E-state index contributed by atoms with van der Waals surface area (Å²) in [5.74, 6) is 0.943. The van der Waals surface area contributed by atoms with Gasteiger partial charge in [0, 0.05) is 37.6 Å². The van der Waals surface area contributed by atoms with Crippen LogP contribution in [0.4, 0.5) is 4.39 Å². The molecule has 2 heterocycles. The summed E-state index contributed by atoms with van der Waals surface area (Å²) in [6.07, 6.45) is 0. The topological polar surface area (TPSA) is 58.1 Å². The van der Waals surface area contributed by atoms with Crippen LogP contribution >= 0.6 is 35.3 Å². The van der Waals surface area contributed by atoms with Gasteiger partial charge in [-0.2, -0.15) is 0 Å². The minimum Gasteiger partial charge on any atom is -0.492 e. The molecule has 1 aliphatic rings. The van der Waals surface area contributed by atoms with Gasteiger partial charge in [0.15, 0.2) is 5.96 Å². The number of hydrogen-bond acceptors (Lipinski definition) is 5. The van der Waals surface area contributed by atoms with Crippen molar-refractivity contribution in [1.82, 2.24) is 15.5 Å². The Morgan fingerprint density at radius 1 is 1.28 bits per heavy atom. The minimum absolute atomic E-state index is 0. The summed E-state index contributed by atoms with van der Waals surface area (Å²) in [5.41, 5.74) is 0. The number of aliphatic imine (C=N–C) groups is 1. The summed E-state index contributed by atoms with van der Waals surface area (Å²) in [6, 6.07) is 10.7. The molecule has 1 saturated heterocycles. The Balaban J connectivity index is 0.00000300. The summed E-state index contributed by atoms with van der Waals surface area (Å²) >= 11 is 1.77. The van der Waals surface area contributed by atoms with Gasteiger partial charge in [0.25, 0.3) is 0 Å². The van der Waals surface area contributed by atoms with Crippen LogP contribution in [0.15, 0.2) is 46.8 Å². The first-order valence-corrected chi connectivity index (χ1v) is 10.3. The quantitative estimate of drug-likeness (QED) is 0.236. The van der Waals surface area contributed by atoms with Crippen LogP contribution in [0, 0.1) is 5.82 Å². The van der Waals surface area contributed by atoms with E-state index in [1.165, 1.54) is 17.0 Å². The van der Waals surface area contributed by atoms with Crippen molar-refractivity contribution in [2.45, 2.75) is 6.04 Å². The first-order valence-electron chi connectivity index (χ1n) is 9.44. The molecule has 0 bridgehead atoms. The molecule has 3 rings (SSSR count). The molecule has 1 aromatic carbocycles. The van der Waals surface area contributed by atoms with Crippen LogP contribution in [-0.4, -0.2) is 63.9 Å². The average Bonchev–Trinajstić information content (AvgIpc) is 3.25. The third-order valence-corrected chi connectivity index (χ3v) is 5.48. The lowest BCUT2D eigenvalue weighted by Crippen LogP contribution is -2.46. The van der Waals surface area contributed by atoms with Crippen LogP contribution in [0.3, 0.4) is 0 Å². The van der Waals surface area contributed by atoms with E-state index in [0.717, 1.165) is 38.8 Å². The summed E-state index contributed by atoms with van der Waals surface area (Å²) < 4.78 is 24.2.